The van der Waals surface area contributed by atoms with Crippen LogP contribution < -0.4 is 9.91 Å². The van der Waals surface area contributed by atoms with Crippen LogP contribution in [0.15, 0.2) is 163 Å². The maximum absolute atomic E-state index is 11.3. The van der Waals surface area contributed by atoms with Gasteiger partial charge in [-0.1, -0.05) is 103 Å². The number of hydrogen-bond donors (Lipinski definition) is 0. The van der Waals surface area contributed by atoms with Crippen molar-refractivity contribution in [1.29, 1.82) is 0 Å². The molecule has 6 aromatic rings. The number of hydrogen-bond acceptors (Lipinski definition) is 4. The molecule has 0 aromatic heterocycles. The van der Waals surface area contributed by atoms with Gasteiger partial charge in [-0.2, -0.15) is 5.10 Å². The lowest BCUT2D eigenvalue weighted by atomic mass is 9.95. The fourth-order valence-electron chi connectivity index (χ4n) is 7.43. The van der Waals surface area contributed by atoms with Crippen LogP contribution in [0.25, 0.3) is 11.6 Å². The highest BCUT2D eigenvalue weighted by molar-refractivity contribution is 5.92. The predicted molar refractivity (Wildman–Crippen MR) is 203 cm³/mol. The molecule has 0 N–H and O–H groups in total. The van der Waals surface area contributed by atoms with Crippen LogP contribution >= 0.6 is 0 Å². The lowest BCUT2D eigenvalue weighted by Gasteiger charge is -2.27. The molecule has 238 valence electrons. The molecule has 8 rings (SSSR count). The summed E-state index contributed by atoms with van der Waals surface area (Å²) >= 11 is 0. The average molecular weight is 636 g/mol. The van der Waals surface area contributed by atoms with Gasteiger partial charge in [-0.05, 0) is 113 Å². The van der Waals surface area contributed by atoms with Crippen LogP contribution in [0.3, 0.4) is 0 Å². The van der Waals surface area contributed by atoms with Gasteiger partial charge < -0.3 is 4.90 Å². The Kier molecular flexibility index (Phi) is 8.43. The number of anilines is 4. The smallest absolute Gasteiger partial charge is 0.150 e. The van der Waals surface area contributed by atoms with Crippen molar-refractivity contribution >= 4 is 46.9 Å². The molecule has 0 radical (unpaired) electrons. The molecule has 2 atom stereocenters. The van der Waals surface area contributed by atoms with Crippen LogP contribution in [-0.2, 0) is 0 Å². The number of carbonyl (C=O) groups excluding carboxylic acids is 1. The first kappa shape index (κ1) is 30.3. The Balaban J connectivity index is 1.09. The van der Waals surface area contributed by atoms with Crippen molar-refractivity contribution in [2.24, 2.45) is 5.10 Å². The number of carbonyl (C=O) groups is 1. The molecule has 2 unspecified atom stereocenters. The molecule has 0 saturated heterocycles. The van der Waals surface area contributed by atoms with Crippen molar-refractivity contribution in [3.8, 4) is 0 Å². The van der Waals surface area contributed by atoms with Gasteiger partial charge in [0.1, 0.15) is 6.29 Å². The predicted octanol–water partition coefficient (Wildman–Crippen LogP) is 11.0. The molecular weight excluding hydrogens is 599 g/mol. The number of fused-ring (bicyclic) bond motifs is 3. The van der Waals surface area contributed by atoms with E-state index in [1.165, 1.54) is 58.5 Å². The summed E-state index contributed by atoms with van der Waals surface area (Å²) in [6, 6.07) is 55.2. The van der Waals surface area contributed by atoms with Crippen molar-refractivity contribution in [1.82, 2.24) is 0 Å². The molecule has 1 aliphatic heterocycles. The summed E-state index contributed by atoms with van der Waals surface area (Å²) in [5, 5.41) is 6.88. The number of nitrogens with zero attached hydrogens (tertiary/aromatic N) is 3. The number of rotatable bonds is 9. The molecule has 49 heavy (non-hydrogen) atoms. The van der Waals surface area contributed by atoms with E-state index in [9.17, 15) is 4.79 Å². The lowest BCUT2D eigenvalue weighted by molar-refractivity contribution is 0.112. The molecule has 2 aliphatic rings. The van der Waals surface area contributed by atoms with Crippen LogP contribution in [0.1, 0.15) is 63.4 Å². The Morgan fingerprint density at radius 2 is 1.22 bits per heavy atom. The first-order valence-electron chi connectivity index (χ1n) is 17.1. The topological polar surface area (TPSA) is 35.9 Å². The van der Waals surface area contributed by atoms with Gasteiger partial charge in [0.15, 0.2) is 0 Å². The van der Waals surface area contributed by atoms with E-state index < -0.39 is 0 Å². The molecule has 1 saturated carbocycles. The second-order valence-corrected chi connectivity index (χ2v) is 12.8. The maximum Gasteiger partial charge on any atom is 0.150 e. The molecule has 0 bridgehead atoms. The summed E-state index contributed by atoms with van der Waals surface area (Å²) in [6.07, 6.45) is 8.74. The zero-order valence-electron chi connectivity index (χ0n) is 27.3. The van der Waals surface area contributed by atoms with Gasteiger partial charge >= 0.3 is 0 Å². The highest BCUT2D eigenvalue weighted by atomic mass is 16.1. The SMILES string of the molecule is O=Cc1ccc(N(/N=C/c2ccc3c(c2)C2CCCC2N3c2ccc(C=C(c3ccccc3)c3ccccc3)cc2)c2ccccc2)cc1. The highest BCUT2D eigenvalue weighted by Crippen LogP contribution is 2.52. The summed E-state index contributed by atoms with van der Waals surface area (Å²) in [4.78, 5) is 13.8. The third-order valence-corrected chi connectivity index (χ3v) is 9.77. The second-order valence-electron chi connectivity index (χ2n) is 12.8. The molecular formula is C45H37N3O. The van der Waals surface area contributed by atoms with Crippen molar-refractivity contribution in [2.75, 3.05) is 9.91 Å². The Labute approximate surface area is 288 Å². The van der Waals surface area contributed by atoms with Crippen molar-refractivity contribution < 1.29 is 4.79 Å². The molecule has 4 heteroatoms. The van der Waals surface area contributed by atoms with Crippen LogP contribution in [0, 0.1) is 0 Å². The lowest BCUT2D eigenvalue weighted by Crippen LogP contribution is -2.26. The van der Waals surface area contributed by atoms with Gasteiger partial charge in [-0.3, -0.25) is 4.79 Å². The maximum atomic E-state index is 11.3. The standard InChI is InChI=1S/C45H37N3O/c49-32-34-21-26-40(27-22-34)48(39-15-8-3-9-16-39)46-31-35-23-28-45-43(30-35)41-17-10-18-44(41)47(45)38-24-19-33(20-25-38)29-42(36-11-4-1-5-12-36)37-13-6-2-7-14-37/h1-9,11-16,19-32,41,44H,10,17-18H2/b46-31+. The summed E-state index contributed by atoms with van der Waals surface area (Å²) in [5.41, 5.74) is 12.3. The van der Waals surface area contributed by atoms with Crippen LogP contribution in [0.5, 0.6) is 0 Å². The number of aldehydes is 1. The van der Waals surface area contributed by atoms with E-state index >= 15 is 0 Å². The second kappa shape index (κ2) is 13.6. The fourth-order valence-corrected chi connectivity index (χ4v) is 7.43. The Hall–Kier alpha value is -6.00. The van der Waals surface area contributed by atoms with Gasteiger partial charge in [-0.15, -0.1) is 0 Å². The molecule has 0 spiro atoms. The van der Waals surface area contributed by atoms with Gasteiger partial charge in [0.25, 0.3) is 0 Å². The van der Waals surface area contributed by atoms with Crippen LogP contribution in [-0.4, -0.2) is 18.5 Å². The van der Waals surface area contributed by atoms with E-state index in [0.717, 1.165) is 23.2 Å². The summed E-state index contributed by atoms with van der Waals surface area (Å²) in [5.74, 6) is 0.506. The first-order chi connectivity index (χ1) is 24.2. The number of para-hydroxylation sites is 1. The van der Waals surface area contributed by atoms with Crippen molar-refractivity contribution in [3.63, 3.8) is 0 Å². The van der Waals surface area contributed by atoms with E-state index in [4.69, 9.17) is 5.10 Å². The van der Waals surface area contributed by atoms with E-state index in [0.29, 0.717) is 17.5 Å². The van der Waals surface area contributed by atoms with E-state index in [2.05, 4.69) is 114 Å². The fraction of sp³-hybridized carbons (Fsp3) is 0.111. The van der Waals surface area contributed by atoms with E-state index in [1.807, 2.05) is 65.8 Å². The van der Waals surface area contributed by atoms with E-state index in [-0.39, 0.29) is 0 Å². The van der Waals surface area contributed by atoms with Crippen molar-refractivity contribution in [3.05, 3.63) is 191 Å². The minimum absolute atomic E-state index is 0.463. The Bertz CT molecular complexity index is 2060. The quantitative estimate of drug-likeness (QED) is 0.0686. The third kappa shape index (κ3) is 6.21. The van der Waals surface area contributed by atoms with Gasteiger partial charge in [0.05, 0.1) is 17.6 Å². The zero-order valence-corrected chi connectivity index (χ0v) is 27.3. The molecule has 1 fully saturated rings. The van der Waals surface area contributed by atoms with Gasteiger partial charge in [0.2, 0.25) is 0 Å². The Morgan fingerprint density at radius 1 is 0.633 bits per heavy atom. The summed E-state index contributed by atoms with van der Waals surface area (Å²) < 4.78 is 0. The zero-order chi connectivity index (χ0) is 33.0. The minimum Gasteiger partial charge on any atom is -0.338 e. The van der Waals surface area contributed by atoms with Gasteiger partial charge in [0, 0.05) is 28.9 Å². The molecule has 1 aliphatic carbocycles. The molecule has 1 heterocycles. The van der Waals surface area contributed by atoms with Crippen LogP contribution in [0.2, 0.25) is 0 Å². The summed E-state index contributed by atoms with van der Waals surface area (Å²) in [7, 11) is 0. The minimum atomic E-state index is 0.463. The number of benzene rings is 6. The first-order valence-corrected chi connectivity index (χ1v) is 17.1. The molecule has 6 aromatic carbocycles. The summed E-state index contributed by atoms with van der Waals surface area (Å²) in [6.45, 7) is 0. The molecule has 4 nitrogen and oxygen atoms in total. The Morgan fingerprint density at radius 3 is 1.88 bits per heavy atom. The molecule has 0 amide bonds. The van der Waals surface area contributed by atoms with Crippen LogP contribution in [0.4, 0.5) is 22.7 Å². The normalized spacial score (nSPS) is 16.3. The van der Waals surface area contributed by atoms with Gasteiger partial charge in [-0.25, -0.2) is 5.01 Å². The highest BCUT2D eigenvalue weighted by Gasteiger charge is 2.42. The monoisotopic (exact) mass is 635 g/mol. The van der Waals surface area contributed by atoms with Crippen molar-refractivity contribution in [2.45, 2.75) is 31.2 Å². The third-order valence-electron chi connectivity index (χ3n) is 9.77. The average Bonchev–Trinajstić information content (AvgIpc) is 3.77. The number of hydrazone groups is 1. The van der Waals surface area contributed by atoms with E-state index in [1.54, 1.807) is 0 Å². The largest absolute Gasteiger partial charge is 0.338 e.